The summed E-state index contributed by atoms with van der Waals surface area (Å²) < 4.78 is 5.69. The minimum Gasteiger partial charge on any atom is -0.493 e. The van der Waals surface area contributed by atoms with Crippen LogP contribution in [0.5, 0.6) is 5.75 Å². The van der Waals surface area contributed by atoms with Crippen LogP contribution in [0.15, 0.2) is 18.2 Å². The molecule has 1 aliphatic carbocycles. The second-order valence-corrected chi connectivity index (χ2v) is 5.27. The summed E-state index contributed by atoms with van der Waals surface area (Å²) in [4.78, 5) is 11.5. The number of hydrogen-bond donors (Lipinski definition) is 2. The number of amides is 1. The topological polar surface area (TPSA) is 64.3 Å². The number of hydrogen-bond acceptors (Lipinski definition) is 3. The fraction of sp³-hybridized carbons (Fsp3) is 0.533. The van der Waals surface area contributed by atoms with Crippen molar-refractivity contribution in [3.8, 4) is 5.75 Å². The molecule has 1 saturated carbocycles. The molecule has 19 heavy (non-hydrogen) atoms. The van der Waals surface area contributed by atoms with Gasteiger partial charge in [-0.15, -0.1) is 0 Å². The zero-order valence-corrected chi connectivity index (χ0v) is 11.6. The molecule has 1 atom stereocenters. The summed E-state index contributed by atoms with van der Waals surface area (Å²) in [6.45, 7) is 4.35. The van der Waals surface area contributed by atoms with E-state index in [9.17, 15) is 4.79 Å². The maximum Gasteiger partial charge on any atom is 0.223 e. The minimum atomic E-state index is -0.0739. The van der Waals surface area contributed by atoms with E-state index in [1.54, 1.807) is 0 Å². The van der Waals surface area contributed by atoms with E-state index >= 15 is 0 Å². The highest BCUT2D eigenvalue weighted by molar-refractivity contribution is 5.76. The monoisotopic (exact) mass is 262 g/mol. The van der Waals surface area contributed by atoms with E-state index in [-0.39, 0.29) is 11.9 Å². The van der Waals surface area contributed by atoms with Gasteiger partial charge in [0.15, 0.2) is 0 Å². The van der Waals surface area contributed by atoms with Crippen LogP contribution >= 0.6 is 0 Å². The number of carbonyl (C=O) groups excluding carboxylic acids is 1. The Bertz CT molecular complexity index is 453. The molecule has 3 N–H and O–H groups in total. The van der Waals surface area contributed by atoms with Gasteiger partial charge in [-0.25, -0.2) is 0 Å². The molecule has 0 saturated heterocycles. The van der Waals surface area contributed by atoms with E-state index in [2.05, 4.69) is 5.32 Å². The van der Waals surface area contributed by atoms with Gasteiger partial charge in [-0.3, -0.25) is 4.79 Å². The van der Waals surface area contributed by atoms with E-state index in [4.69, 9.17) is 10.5 Å². The van der Waals surface area contributed by atoms with Crippen LogP contribution in [0.3, 0.4) is 0 Å². The quantitative estimate of drug-likeness (QED) is 0.824. The molecule has 0 spiro atoms. The first-order chi connectivity index (χ1) is 9.06. The molecule has 4 nitrogen and oxygen atoms in total. The lowest BCUT2D eigenvalue weighted by Gasteiger charge is -2.14. The van der Waals surface area contributed by atoms with Gasteiger partial charge in [0.2, 0.25) is 5.91 Å². The molecule has 1 aromatic rings. The lowest BCUT2D eigenvalue weighted by molar-refractivity contribution is -0.121. The molecule has 0 aliphatic heterocycles. The average molecular weight is 262 g/mol. The first-order valence-electron chi connectivity index (χ1n) is 6.84. The molecule has 0 unspecified atom stereocenters. The Morgan fingerprint density at radius 3 is 2.89 bits per heavy atom. The van der Waals surface area contributed by atoms with Crippen molar-refractivity contribution in [2.45, 2.75) is 45.2 Å². The maximum atomic E-state index is 11.5. The predicted octanol–water partition coefficient (Wildman–Crippen LogP) is 2.06. The van der Waals surface area contributed by atoms with E-state index in [1.807, 2.05) is 32.0 Å². The zero-order chi connectivity index (χ0) is 13.8. The third-order valence-corrected chi connectivity index (χ3v) is 3.19. The van der Waals surface area contributed by atoms with Gasteiger partial charge in [0.05, 0.1) is 13.0 Å². The highest BCUT2D eigenvalue weighted by Gasteiger charge is 2.22. The lowest BCUT2D eigenvalue weighted by Crippen LogP contribution is -2.26. The number of nitrogens with one attached hydrogen (secondary N) is 1. The van der Waals surface area contributed by atoms with E-state index in [0.29, 0.717) is 19.1 Å². The molecule has 4 heteroatoms. The Hall–Kier alpha value is -1.55. The van der Waals surface area contributed by atoms with Crippen LogP contribution < -0.4 is 15.8 Å². The first kappa shape index (κ1) is 13.9. The van der Waals surface area contributed by atoms with Crippen LogP contribution in [-0.4, -0.2) is 18.6 Å². The third-order valence-electron chi connectivity index (χ3n) is 3.19. The molecule has 0 heterocycles. The van der Waals surface area contributed by atoms with Gasteiger partial charge in [-0.05, 0) is 32.8 Å². The van der Waals surface area contributed by atoms with Gasteiger partial charge in [-0.1, -0.05) is 17.7 Å². The van der Waals surface area contributed by atoms with Gasteiger partial charge in [0, 0.05) is 17.6 Å². The summed E-state index contributed by atoms with van der Waals surface area (Å²) >= 11 is 0. The Morgan fingerprint density at radius 1 is 1.53 bits per heavy atom. The van der Waals surface area contributed by atoms with Crippen molar-refractivity contribution in [3.05, 3.63) is 29.3 Å². The van der Waals surface area contributed by atoms with Crippen LogP contribution in [0.1, 0.15) is 43.4 Å². The van der Waals surface area contributed by atoms with Crippen LogP contribution in [-0.2, 0) is 4.79 Å². The molecule has 104 valence electrons. The number of benzene rings is 1. The van der Waals surface area contributed by atoms with Crippen molar-refractivity contribution in [3.63, 3.8) is 0 Å². The number of carbonyl (C=O) groups is 1. The second kappa shape index (κ2) is 6.06. The molecule has 0 bridgehead atoms. The SMILES string of the molecule is Cc1ccc(OCCC(=O)NC2CC2)c([C@H](C)N)c1. The Balaban J connectivity index is 1.86. The van der Waals surface area contributed by atoms with Gasteiger partial charge in [0.25, 0.3) is 0 Å². The highest BCUT2D eigenvalue weighted by atomic mass is 16.5. The second-order valence-electron chi connectivity index (χ2n) is 5.27. The van der Waals surface area contributed by atoms with Crippen molar-refractivity contribution >= 4 is 5.91 Å². The minimum absolute atomic E-state index is 0.0666. The van der Waals surface area contributed by atoms with Crippen molar-refractivity contribution < 1.29 is 9.53 Å². The van der Waals surface area contributed by atoms with E-state index in [0.717, 1.165) is 29.7 Å². The number of rotatable bonds is 6. The van der Waals surface area contributed by atoms with Gasteiger partial charge in [-0.2, -0.15) is 0 Å². The molecule has 1 fully saturated rings. The van der Waals surface area contributed by atoms with E-state index < -0.39 is 0 Å². The summed E-state index contributed by atoms with van der Waals surface area (Å²) in [5.74, 6) is 0.844. The molecule has 1 amide bonds. The van der Waals surface area contributed by atoms with Crippen LogP contribution in [0.25, 0.3) is 0 Å². The van der Waals surface area contributed by atoms with Crippen molar-refractivity contribution in [1.82, 2.24) is 5.32 Å². The van der Waals surface area contributed by atoms with Crippen molar-refractivity contribution in [2.24, 2.45) is 5.73 Å². The largest absolute Gasteiger partial charge is 0.493 e. The van der Waals surface area contributed by atoms with Crippen molar-refractivity contribution in [2.75, 3.05) is 6.61 Å². The lowest BCUT2D eigenvalue weighted by atomic mass is 10.1. The molecule has 1 aliphatic rings. The number of ether oxygens (including phenoxy) is 1. The van der Waals surface area contributed by atoms with Crippen molar-refractivity contribution in [1.29, 1.82) is 0 Å². The summed E-state index contributed by atoms with van der Waals surface area (Å²) in [5.41, 5.74) is 8.08. The summed E-state index contributed by atoms with van der Waals surface area (Å²) in [5, 5.41) is 2.94. The molecule has 1 aromatic carbocycles. The summed E-state index contributed by atoms with van der Waals surface area (Å²) in [6, 6.07) is 6.28. The molecule has 0 radical (unpaired) electrons. The zero-order valence-electron chi connectivity index (χ0n) is 11.6. The average Bonchev–Trinajstić information content (AvgIpc) is 3.14. The number of nitrogens with two attached hydrogens (primary N) is 1. The van der Waals surface area contributed by atoms with Crippen LogP contribution in [0.4, 0.5) is 0 Å². The highest BCUT2D eigenvalue weighted by Crippen LogP contribution is 2.25. The first-order valence-corrected chi connectivity index (χ1v) is 6.84. The molecule has 0 aromatic heterocycles. The summed E-state index contributed by atoms with van der Waals surface area (Å²) in [7, 11) is 0. The van der Waals surface area contributed by atoms with Crippen LogP contribution in [0, 0.1) is 6.92 Å². The Morgan fingerprint density at radius 2 is 2.26 bits per heavy atom. The Labute approximate surface area is 114 Å². The summed E-state index contributed by atoms with van der Waals surface area (Å²) in [6.07, 6.45) is 2.61. The third kappa shape index (κ3) is 4.24. The number of aryl methyl sites for hydroxylation is 1. The smallest absolute Gasteiger partial charge is 0.223 e. The van der Waals surface area contributed by atoms with E-state index in [1.165, 1.54) is 0 Å². The standard InChI is InChI=1S/C15H22N2O2/c1-10-3-6-14(13(9-10)11(2)16)19-8-7-15(18)17-12-4-5-12/h3,6,9,11-12H,4-5,7-8,16H2,1-2H3,(H,17,18)/t11-/m0/s1. The maximum absolute atomic E-state index is 11.5. The fourth-order valence-corrected chi connectivity index (χ4v) is 1.94. The molecular formula is C15H22N2O2. The Kier molecular flexibility index (Phi) is 4.43. The van der Waals surface area contributed by atoms with Gasteiger partial charge >= 0.3 is 0 Å². The predicted molar refractivity (Wildman–Crippen MR) is 75.1 cm³/mol. The van der Waals surface area contributed by atoms with Gasteiger partial charge < -0.3 is 15.8 Å². The normalized spacial score (nSPS) is 15.9. The molecule has 2 rings (SSSR count). The fourth-order valence-electron chi connectivity index (χ4n) is 1.94. The molecular weight excluding hydrogens is 240 g/mol. The van der Waals surface area contributed by atoms with Crippen LogP contribution in [0.2, 0.25) is 0 Å². The van der Waals surface area contributed by atoms with Gasteiger partial charge in [0.1, 0.15) is 5.75 Å².